The first-order chi connectivity index (χ1) is 13.4. The lowest BCUT2D eigenvalue weighted by Gasteiger charge is -2.23. The van der Waals surface area contributed by atoms with Gasteiger partial charge in [-0.05, 0) is 24.6 Å². The number of amides is 2. The summed E-state index contributed by atoms with van der Waals surface area (Å²) in [5, 5.41) is 9.86. The molecule has 10 heteroatoms. The minimum atomic E-state index is -0.555. The van der Waals surface area contributed by atoms with Crippen molar-refractivity contribution in [2.45, 2.75) is 12.5 Å². The first kappa shape index (κ1) is 17.8. The number of nitrogens with one attached hydrogen (secondary N) is 1. The average Bonchev–Trinajstić information content (AvgIpc) is 3.38. The number of aromatic amines is 1. The van der Waals surface area contributed by atoms with E-state index in [2.05, 4.69) is 15.4 Å². The van der Waals surface area contributed by atoms with Crippen LogP contribution in [0.15, 0.2) is 39.7 Å². The van der Waals surface area contributed by atoms with E-state index < -0.39 is 17.2 Å². The summed E-state index contributed by atoms with van der Waals surface area (Å²) in [5.74, 6) is -1.42. The molecule has 0 radical (unpaired) electrons. The third-order valence-corrected chi connectivity index (χ3v) is 4.85. The summed E-state index contributed by atoms with van der Waals surface area (Å²) in [7, 11) is 1.64. The van der Waals surface area contributed by atoms with Crippen LogP contribution in [0.5, 0.6) is 0 Å². The van der Waals surface area contributed by atoms with Crippen LogP contribution in [0.4, 0.5) is 4.39 Å². The number of aromatic nitrogens is 3. The number of fused-ring (bicyclic) bond motifs is 1. The molecule has 144 valence electrons. The maximum absolute atomic E-state index is 13.3. The highest BCUT2D eigenvalue weighted by Crippen LogP contribution is 2.20. The van der Waals surface area contributed by atoms with Gasteiger partial charge in [0.15, 0.2) is 16.9 Å². The van der Waals surface area contributed by atoms with Gasteiger partial charge in [0.1, 0.15) is 11.4 Å². The van der Waals surface area contributed by atoms with Crippen molar-refractivity contribution in [2.24, 2.45) is 0 Å². The molecule has 1 saturated heterocycles. The van der Waals surface area contributed by atoms with Crippen molar-refractivity contribution in [2.75, 3.05) is 20.1 Å². The SMILES string of the molecule is CN(C(=O)c1cn[nH]n1)C1CCN(C(=O)c2cc(=O)c3cc(F)ccc3o2)C1. The van der Waals surface area contributed by atoms with E-state index in [9.17, 15) is 18.8 Å². The average molecular weight is 385 g/mol. The van der Waals surface area contributed by atoms with Crippen LogP contribution in [-0.2, 0) is 0 Å². The van der Waals surface area contributed by atoms with Crippen molar-refractivity contribution < 1.29 is 18.4 Å². The van der Waals surface area contributed by atoms with Gasteiger partial charge in [0.25, 0.3) is 11.8 Å². The molecule has 1 N–H and O–H groups in total. The third-order valence-electron chi connectivity index (χ3n) is 4.85. The van der Waals surface area contributed by atoms with Crippen LogP contribution in [-0.4, -0.2) is 63.2 Å². The molecule has 2 aromatic heterocycles. The molecule has 3 heterocycles. The van der Waals surface area contributed by atoms with Gasteiger partial charge in [0.2, 0.25) is 0 Å². The number of benzene rings is 1. The molecule has 3 aromatic rings. The molecule has 0 spiro atoms. The van der Waals surface area contributed by atoms with Crippen LogP contribution in [0.2, 0.25) is 0 Å². The minimum Gasteiger partial charge on any atom is -0.451 e. The van der Waals surface area contributed by atoms with E-state index in [4.69, 9.17) is 4.42 Å². The van der Waals surface area contributed by atoms with Gasteiger partial charge in [0, 0.05) is 26.2 Å². The van der Waals surface area contributed by atoms with Gasteiger partial charge >= 0.3 is 0 Å². The molecule has 9 nitrogen and oxygen atoms in total. The van der Waals surface area contributed by atoms with Gasteiger partial charge in [-0.15, -0.1) is 0 Å². The second kappa shape index (κ2) is 6.87. The molecule has 28 heavy (non-hydrogen) atoms. The van der Waals surface area contributed by atoms with E-state index in [-0.39, 0.29) is 34.4 Å². The maximum atomic E-state index is 13.3. The summed E-state index contributed by atoms with van der Waals surface area (Å²) in [6, 6.07) is 4.43. The Bertz CT molecular complexity index is 1110. The fraction of sp³-hybridized carbons (Fsp3) is 0.278. The minimum absolute atomic E-state index is 0.0776. The quantitative estimate of drug-likeness (QED) is 0.721. The lowest BCUT2D eigenvalue weighted by Crippen LogP contribution is -2.40. The first-order valence-electron chi connectivity index (χ1n) is 8.59. The second-order valence-corrected chi connectivity index (χ2v) is 6.58. The third kappa shape index (κ3) is 3.13. The topological polar surface area (TPSA) is 112 Å². The van der Waals surface area contributed by atoms with E-state index >= 15 is 0 Å². The summed E-state index contributed by atoms with van der Waals surface area (Å²) in [6.45, 7) is 0.704. The molecular formula is C18H16FN5O4. The number of rotatable bonds is 3. The van der Waals surface area contributed by atoms with Crippen LogP contribution in [0.3, 0.4) is 0 Å². The Labute approximate surface area is 157 Å². The van der Waals surface area contributed by atoms with Crippen molar-refractivity contribution in [3.05, 3.63) is 58.0 Å². The molecule has 1 aliphatic rings. The molecule has 1 unspecified atom stereocenters. The van der Waals surface area contributed by atoms with Gasteiger partial charge in [-0.25, -0.2) is 4.39 Å². The Hall–Kier alpha value is -3.56. The molecule has 0 aliphatic carbocycles. The summed E-state index contributed by atoms with van der Waals surface area (Å²) >= 11 is 0. The number of nitrogens with zero attached hydrogens (tertiary/aromatic N) is 4. The molecule has 0 bridgehead atoms. The lowest BCUT2D eigenvalue weighted by atomic mass is 10.2. The molecular weight excluding hydrogens is 369 g/mol. The predicted octanol–water partition coefficient (Wildman–Crippen LogP) is 1.04. The number of likely N-dealkylation sites (tertiary alicyclic amines) is 1. The smallest absolute Gasteiger partial charge is 0.289 e. The molecule has 1 aliphatic heterocycles. The highest BCUT2D eigenvalue weighted by atomic mass is 19.1. The fourth-order valence-corrected chi connectivity index (χ4v) is 3.28. The summed E-state index contributed by atoms with van der Waals surface area (Å²) in [5.41, 5.74) is -0.149. The van der Waals surface area contributed by atoms with E-state index in [0.717, 1.165) is 18.2 Å². The van der Waals surface area contributed by atoms with Gasteiger partial charge in [-0.2, -0.15) is 15.4 Å². The molecule has 1 atom stereocenters. The van der Waals surface area contributed by atoms with Gasteiger partial charge in [-0.3, -0.25) is 14.4 Å². The van der Waals surface area contributed by atoms with Crippen molar-refractivity contribution in [1.29, 1.82) is 0 Å². The Morgan fingerprint density at radius 1 is 1.36 bits per heavy atom. The van der Waals surface area contributed by atoms with Gasteiger partial charge in [-0.1, -0.05) is 0 Å². The summed E-state index contributed by atoms with van der Waals surface area (Å²) < 4.78 is 18.8. The number of likely N-dealkylation sites (N-methyl/N-ethyl adjacent to an activating group) is 1. The zero-order chi connectivity index (χ0) is 19.8. The van der Waals surface area contributed by atoms with Crippen LogP contribution in [0, 0.1) is 5.82 Å². The molecule has 4 rings (SSSR count). The fourth-order valence-electron chi connectivity index (χ4n) is 3.28. The van der Waals surface area contributed by atoms with Crippen molar-refractivity contribution >= 4 is 22.8 Å². The lowest BCUT2D eigenvalue weighted by molar-refractivity contribution is 0.0685. The second-order valence-electron chi connectivity index (χ2n) is 6.58. The van der Waals surface area contributed by atoms with Crippen LogP contribution in [0.1, 0.15) is 27.5 Å². The van der Waals surface area contributed by atoms with E-state index in [1.807, 2.05) is 0 Å². The number of halogens is 1. The Morgan fingerprint density at radius 2 is 2.18 bits per heavy atom. The molecule has 2 amide bonds. The Kier molecular flexibility index (Phi) is 4.38. The van der Waals surface area contributed by atoms with Crippen molar-refractivity contribution in [1.82, 2.24) is 25.2 Å². The Morgan fingerprint density at radius 3 is 2.93 bits per heavy atom. The summed E-state index contributed by atoms with van der Waals surface area (Å²) in [6.07, 6.45) is 1.91. The highest BCUT2D eigenvalue weighted by molar-refractivity contribution is 5.94. The van der Waals surface area contributed by atoms with Gasteiger partial charge < -0.3 is 14.2 Å². The largest absolute Gasteiger partial charge is 0.451 e. The predicted molar refractivity (Wildman–Crippen MR) is 95.2 cm³/mol. The van der Waals surface area contributed by atoms with Crippen LogP contribution < -0.4 is 5.43 Å². The van der Waals surface area contributed by atoms with Gasteiger partial charge in [0.05, 0.1) is 17.6 Å². The van der Waals surface area contributed by atoms with Crippen molar-refractivity contribution in [3.63, 3.8) is 0 Å². The Balaban J connectivity index is 1.52. The normalized spacial score (nSPS) is 16.5. The number of hydrogen-bond acceptors (Lipinski definition) is 6. The first-order valence-corrected chi connectivity index (χ1v) is 8.59. The number of H-pyrrole nitrogens is 1. The van der Waals surface area contributed by atoms with E-state index in [1.165, 1.54) is 22.1 Å². The molecule has 0 saturated carbocycles. The molecule has 1 aromatic carbocycles. The maximum Gasteiger partial charge on any atom is 0.289 e. The molecule has 1 fully saturated rings. The number of carbonyl (C=O) groups is 2. The number of hydrogen-bond donors (Lipinski definition) is 1. The van der Waals surface area contributed by atoms with Crippen LogP contribution >= 0.6 is 0 Å². The zero-order valence-corrected chi connectivity index (χ0v) is 14.9. The van der Waals surface area contributed by atoms with E-state index in [1.54, 1.807) is 7.05 Å². The van der Waals surface area contributed by atoms with Crippen LogP contribution in [0.25, 0.3) is 11.0 Å². The number of carbonyl (C=O) groups excluding carboxylic acids is 2. The monoisotopic (exact) mass is 385 g/mol. The van der Waals surface area contributed by atoms with Crippen molar-refractivity contribution in [3.8, 4) is 0 Å². The zero-order valence-electron chi connectivity index (χ0n) is 14.9. The summed E-state index contributed by atoms with van der Waals surface area (Å²) in [4.78, 5) is 40.4. The van der Waals surface area contributed by atoms with E-state index in [0.29, 0.717) is 19.5 Å². The highest BCUT2D eigenvalue weighted by Gasteiger charge is 2.33. The standard InChI is InChI=1S/C18H16FN5O4/c1-23(17(26)13-8-20-22-21-13)11-4-5-24(9-11)18(27)16-7-14(25)12-6-10(19)2-3-15(12)28-16/h2-3,6-8,11H,4-5,9H2,1H3,(H,20,21,22).